The van der Waals surface area contributed by atoms with E-state index in [0.717, 1.165) is 18.7 Å². The third kappa shape index (κ3) is 1.63. The second-order valence-electron chi connectivity index (χ2n) is 5.93. The van der Waals surface area contributed by atoms with Gasteiger partial charge in [0.1, 0.15) is 5.75 Å². The first-order chi connectivity index (χ1) is 9.61. The lowest BCUT2D eigenvalue weighted by Crippen LogP contribution is -2.59. The predicted octanol–water partition coefficient (Wildman–Crippen LogP) is 2.34. The van der Waals surface area contributed by atoms with E-state index >= 15 is 0 Å². The van der Waals surface area contributed by atoms with Crippen molar-refractivity contribution in [2.45, 2.75) is 38.8 Å². The van der Waals surface area contributed by atoms with Crippen molar-refractivity contribution in [2.75, 3.05) is 13.2 Å². The topological polar surface area (TPSA) is 50.8 Å². The Morgan fingerprint density at radius 1 is 1.50 bits per heavy atom. The number of benzene rings is 1. The average Bonchev–Trinajstić information content (AvgIpc) is 2.81. The number of rotatable bonds is 2. The average molecular weight is 273 g/mol. The lowest BCUT2D eigenvalue weighted by Gasteiger charge is -2.49. The molecule has 2 heterocycles. The van der Waals surface area contributed by atoms with Gasteiger partial charge in [-0.05, 0) is 19.4 Å². The van der Waals surface area contributed by atoms with Gasteiger partial charge in [0.05, 0.1) is 18.7 Å². The summed E-state index contributed by atoms with van der Waals surface area (Å²) in [7, 11) is 0. The molecule has 2 N–H and O–H groups in total. The van der Waals surface area contributed by atoms with Crippen LogP contribution in [0.4, 0.5) is 0 Å². The van der Waals surface area contributed by atoms with Crippen molar-refractivity contribution >= 4 is 5.96 Å². The molecule has 4 nitrogen and oxygen atoms in total. The molecule has 3 rings (SSSR count). The highest BCUT2D eigenvalue weighted by molar-refractivity contribution is 5.82. The van der Waals surface area contributed by atoms with Crippen LogP contribution in [0.15, 0.2) is 29.3 Å². The van der Waals surface area contributed by atoms with Crippen molar-refractivity contribution < 1.29 is 4.74 Å². The molecule has 1 aromatic rings. The zero-order chi connectivity index (χ0) is 14.3. The molecule has 1 spiro atoms. The monoisotopic (exact) mass is 273 g/mol. The molecule has 0 fully saturated rings. The van der Waals surface area contributed by atoms with Crippen molar-refractivity contribution in [1.29, 1.82) is 0 Å². The van der Waals surface area contributed by atoms with Gasteiger partial charge in [0, 0.05) is 17.5 Å². The molecule has 4 heteroatoms. The van der Waals surface area contributed by atoms with E-state index in [1.54, 1.807) is 0 Å². The van der Waals surface area contributed by atoms with Crippen molar-refractivity contribution in [3.63, 3.8) is 0 Å². The third-order valence-corrected chi connectivity index (χ3v) is 4.85. The molecule has 0 aromatic heterocycles. The fraction of sp³-hybridized carbons (Fsp3) is 0.562. The molecule has 1 aromatic carbocycles. The fourth-order valence-electron chi connectivity index (χ4n) is 3.54. The van der Waals surface area contributed by atoms with Crippen LogP contribution in [0.1, 0.15) is 32.8 Å². The quantitative estimate of drug-likeness (QED) is 0.900. The molecule has 0 saturated carbocycles. The predicted molar refractivity (Wildman–Crippen MR) is 80.9 cm³/mol. The van der Waals surface area contributed by atoms with E-state index in [2.05, 4.69) is 42.8 Å². The number of nitrogens with two attached hydrogens (primary N) is 1. The first-order valence-electron chi connectivity index (χ1n) is 7.42. The molecule has 20 heavy (non-hydrogen) atoms. The number of ether oxygens (including phenoxy) is 1. The molecule has 0 saturated heterocycles. The van der Waals surface area contributed by atoms with Crippen molar-refractivity contribution in [3.05, 3.63) is 29.8 Å². The Morgan fingerprint density at radius 2 is 2.25 bits per heavy atom. The Kier molecular flexibility index (Phi) is 3.11. The number of aliphatic imine (C=N–C) groups is 1. The molecule has 2 aliphatic heterocycles. The number of guanidine groups is 1. The number of para-hydroxylation sites is 1. The Morgan fingerprint density at radius 3 is 3.00 bits per heavy atom. The van der Waals surface area contributed by atoms with Gasteiger partial charge in [0.2, 0.25) is 0 Å². The largest absolute Gasteiger partial charge is 0.493 e. The van der Waals surface area contributed by atoms with Gasteiger partial charge < -0.3 is 15.4 Å². The van der Waals surface area contributed by atoms with Crippen LogP contribution in [0.5, 0.6) is 5.75 Å². The Hall–Kier alpha value is -1.71. The second-order valence-corrected chi connectivity index (χ2v) is 5.93. The lowest BCUT2D eigenvalue weighted by atomic mass is 9.75. The number of hydrogen-bond donors (Lipinski definition) is 1. The molecule has 2 aliphatic rings. The molecule has 0 amide bonds. The smallest absolute Gasteiger partial charge is 0.192 e. The maximum atomic E-state index is 6.22. The molecule has 108 valence electrons. The highest BCUT2D eigenvalue weighted by atomic mass is 16.5. The maximum Gasteiger partial charge on any atom is 0.192 e. The summed E-state index contributed by atoms with van der Waals surface area (Å²) in [5.74, 6) is 2.00. The van der Waals surface area contributed by atoms with E-state index in [0.29, 0.717) is 24.5 Å². The zero-order valence-corrected chi connectivity index (χ0v) is 12.5. The summed E-state index contributed by atoms with van der Waals surface area (Å²) in [5, 5.41) is 0. The third-order valence-electron chi connectivity index (χ3n) is 4.85. The van der Waals surface area contributed by atoms with E-state index in [-0.39, 0.29) is 5.54 Å². The summed E-state index contributed by atoms with van der Waals surface area (Å²) in [4.78, 5) is 6.90. The van der Waals surface area contributed by atoms with Gasteiger partial charge in [-0.15, -0.1) is 0 Å². The number of nitrogens with zero attached hydrogens (tertiary/aromatic N) is 2. The van der Waals surface area contributed by atoms with Crippen molar-refractivity contribution in [2.24, 2.45) is 16.6 Å². The van der Waals surface area contributed by atoms with Gasteiger partial charge >= 0.3 is 0 Å². The van der Waals surface area contributed by atoms with Crippen molar-refractivity contribution in [3.8, 4) is 5.75 Å². The minimum absolute atomic E-state index is 0.144. The molecule has 0 radical (unpaired) electrons. The maximum absolute atomic E-state index is 6.22. The lowest BCUT2D eigenvalue weighted by molar-refractivity contribution is 0.0389. The Bertz CT molecular complexity index is 542. The first kappa shape index (κ1) is 13.3. The number of hydrogen-bond acceptors (Lipinski definition) is 4. The molecule has 3 unspecified atom stereocenters. The zero-order valence-electron chi connectivity index (χ0n) is 12.5. The second kappa shape index (κ2) is 4.69. The Balaban J connectivity index is 2.15. The van der Waals surface area contributed by atoms with Crippen LogP contribution in [0, 0.1) is 5.92 Å². The molecule has 0 aliphatic carbocycles. The normalized spacial score (nSPS) is 29.9. The van der Waals surface area contributed by atoms with Gasteiger partial charge in [0.15, 0.2) is 5.96 Å². The van der Waals surface area contributed by atoms with Crippen LogP contribution in [0.3, 0.4) is 0 Å². The van der Waals surface area contributed by atoms with Crippen LogP contribution in [-0.4, -0.2) is 30.1 Å². The summed E-state index contributed by atoms with van der Waals surface area (Å²) in [6.07, 6.45) is 1.05. The van der Waals surface area contributed by atoms with Crippen molar-refractivity contribution in [1.82, 2.24) is 4.90 Å². The summed E-state index contributed by atoms with van der Waals surface area (Å²) in [6.45, 7) is 8.09. The number of fused-ring (bicyclic) bond motifs is 2. The fourth-order valence-corrected chi connectivity index (χ4v) is 3.54. The van der Waals surface area contributed by atoms with Gasteiger partial charge in [0.25, 0.3) is 0 Å². The minimum Gasteiger partial charge on any atom is -0.493 e. The molecular weight excluding hydrogens is 250 g/mol. The SMILES string of the molecule is CCC(C)N1C(N)=NCC12c1ccccc1OCC2C. The van der Waals surface area contributed by atoms with Crippen LogP contribution < -0.4 is 10.5 Å². The van der Waals surface area contributed by atoms with Gasteiger partial charge in [-0.1, -0.05) is 32.0 Å². The minimum atomic E-state index is -0.144. The van der Waals surface area contributed by atoms with Crippen LogP contribution in [0.25, 0.3) is 0 Å². The molecule has 0 bridgehead atoms. The van der Waals surface area contributed by atoms with E-state index in [1.165, 1.54) is 5.56 Å². The van der Waals surface area contributed by atoms with Crippen LogP contribution in [0.2, 0.25) is 0 Å². The summed E-state index contributed by atoms with van der Waals surface area (Å²) in [5.41, 5.74) is 7.30. The summed E-state index contributed by atoms with van der Waals surface area (Å²) >= 11 is 0. The standard InChI is InChI=1S/C16H23N3O/c1-4-12(3)19-15(17)18-10-16(19)11(2)9-20-14-8-6-5-7-13(14)16/h5-8,11-12H,4,9-10H2,1-3H3,(H2,17,18). The van der Waals surface area contributed by atoms with Crippen LogP contribution >= 0.6 is 0 Å². The Labute approximate surface area is 120 Å². The van der Waals surface area contributed by atoms with E-state index in [4.69, 9.17) is 10.5 Å². The highest BCUT2D eigenvalue weighted by Gasteiger charge is 2.52. The van der Waals surface area contributed by atoms with Gasteiger partial charge in [-0.25, -0.2) is 0 Å². The summed E-state index contributed by atoms with van der Waals surface area (Å²) in [6, 6.07) is 8.68. The summed E-state index contributed by atoms with van der Waals surface area (Å²) < 4.78 is 5.90. The molecular formula is C16H23N3O. The molecule has 3 atom stereocenters. The van der Waals surface area contributed by atoms with E-state index in [1.807, 2.05) is 12.1 Å². The first-order valence-corrected chi connectivity index (χ1v) is 7.42. The van der Waals surface area contributed by atoms with Gasteiger partial charge in [-0.3, -0.25) is 4.99 Å². The van der Waals surface area contributed by atoms with Crippen LogP contribution in [-0.2, 0) is 5.54 Å². The van der Waals surface area contributed by atoms with E-state index < -0.39 is 0 Å². The van der Waals surface area contributed by atoms with E-state index in [9.17, 15) is 0 Å². The highest BCUT2D eigenvalue weighted by Crippen LogP contribution is 2.47. The van der Waals surface area contributed by atoms with Gasteiger partial charge in [-0.2, -0.15) is 0 Å².